The molecule has 120 valence electrons. The number of halogens is 1. The Bertz CT molecular complexity index is 661. The molecule has 0 N–H and O–H groups in total. The summed E-state index contributed by atoms with van der Waals surface area (Å²) in [7, 11) is 0. The molecule has 1 aliphatic rings. The SMILES string of the molecule is C=CC1CCC(c2ccc(-c3ccc(CC)cc3)c(F)c2)CC1. The third-order valence-electron chi connectivity index (χ3n) is 5.24. The summed E-state index contributed by atoms with van der Waals surface area (Å²) >= 11 is 0. The Morgan fingerprint density at radius 3 is 2.30 bits per heavy atom. The predicted octanol–water partition coefficient (Wildman–Crippen LogP) is 6.51. The molecule has 0 aliphatic heterocycles. The molecule has 1 saturated carbocycles. The van der Waals surface area contributed by atoms with Crippen molar-refractivity contribution in [3.63, 3.8) is 0 Å². The highest BCUT2D eigenvalue weighted by Crippen LogP contribution is 2.37. The van der Waals surface area contributed by atoms with E-state index >= 15 is 0 Å². The van der Waals surface area contributed by atoms with Crippen LogP contribution in [0.2, 0.25) is 0 Å². The zero-order chi connectivity index (χ0) is 16.2. The van der Waals surface area contributed by atoms with Gasteiger partial charge in [0.15, 0.2) is 0 Å². The average molecular weight is 308 g/mol. The largest absolute Gasteiger partial charge is 0.206 e. The first kappa shape index (κ1) is 16.0. The normalized spacial score (nSPS) is 21.1. The second kappa shape index (κ2) is 7.12. The van der Waals surface area contributed by atoms with Gasteiger partial charge in [-0.1, -0.05) is 49.4 Å². The quantitative estimate of drug-likeness (QED) is 0.564. The van der Waals surface area contributed by atoms with Gasteiger partial charge < -0.3 is 0 Å². The molecule has 2 aromatic rings. The lowest BCUT2D eigenvalue weighted by atomic mass is 9.78. The summed E-state index contributed by atoms with van der Waals surface area (Å²) in [6.45, 7) is 6.02. The second-order valence-corrected chi connectivity index (χ2v) is 6.64. The van der Waals surface area contributed by atoms with E-state index in [1.807, 2.05) is 18.2 Å². The van der Waals surface area contributed by atoms with Crippen molar-refractivity contribution in [3.05, 3.63) is 72.1 Å². The van der Waals surface area contributed by atoms with Crippen LogP contribution in [-0.4, -0.2) is 0 Å². The Hall–Kier alpha value is -1.89. The molecule has 0 heterocycles. The van der Waals surface area contributed by atoms with Crippen LogP contribution in [0.1, 0.15) is 49.7 Å². The molecule has 23 heavy (non-hydrogen) atoms. The van der Waals surface area contributed by atoms with E-state index in [0.717, 1.165) is 30.4 Å². The first-order valence-electron chi connectivity index (χ1n) is 8.72. The molecule has 0 unspecified atom stereocenters. The maximum atomic E-state index is 14.6. The molecule has 0 spiro atoms. The summed E-state index contributed by atoms with van der Waals surface area (Å²) in [4.78, 5) is 0. The third-order valence-corrected chi connectivity index (χ3v) is 5.24. The molecule has 0 nitrogen and oxygen atoms in total. The molecule has 0 bridgehead atoms. The van der Waals surface area contributed by atoms with Crippen LogP contribution in [0.5, 0.6) is 0 Å². The topological polar surface area (TPSA) is 0 Å². The molecule has 0 radical (unpaired) electrons. The molecular formula is C22H25F. The fourth-order valence-corrected chi connectivity index (χ4v) is 3.63. The summed E-state index contributed by atoms with van der Waals surface area (Å²) in [6, 6.07) is 14.0. The minimum atomic E-state index is -0.0995. The van der Waals surface area contributed by atoms with E-state index in [4.69, 9.17) is 0 Å². The van der Waals surface area contributed by atoms with Gasteiger partial charge in [0.2, 0.25) is 0 Å². The van der Waals surface area contributed by atoms with Gasteiger partial charge in [0.1, 0.15) is 5.82 Å². The van der Waals surface area contributed by atoms with Crippen molar-refractivity contribution in [1.82, 2.24) is 0 Å². The third kappa shape index (κ3) is 3.55. The standard InChI is InChI=1S/C22H25F/c1-3-16-5-9-18(10-6-16)20-13-14-21(22(23)15-20)19-11-7-17(4-2)8-12-19/h3,7-8,11-16,18H,1,4-6,9-10H2,2H3. The van der Waals surface area contributed by atoms with Crippen LogP contribution >= 0.6 is 0 Å². The highest BCUT2D eigenvalue weighted by atomic mass is 19.1. The molecule has 1 fully saturated rings. The predicted molar refractivity (Wildman–Crippen MR) is 96.1 cm³/mol. The average Bonchev–Trinajstić information content (AvgIpc) is 2.62. The van der Waals surface area contributed by atoms with Crippen LogP contribution < -0.4 is 0 Å². The van der Waals surface area contributed by atoms with E-state index in [2.05, 4.69) is 37.8 Å². The summed E-state index contributed by atoms with van der Waals surface area (Å²) in [6.07, 6.45) is 7.71. The Morgan fingerprint density at radius 2 is 1.74 bits per heavy atom. The van der Waals surface area contributed by atoms with Crippen molar-refractivity contribution < 1.29 is 4.39 Å². The first-order valence-corrected chi connectivity index (χ1v) is 8.72. The van der Waals surface area contributed by atoms with Crippen LogP contribution in [0.3, 0.4) is 0 Å². The van der Waals surface area contributed by atoms with Crippen LogP contribution in [0.25, 0.3) is 11.1 Å². The zero-order valence-corrected chi connectivity index (χ0v) is 13.9. The van der Waals surface area contributed by atoms with Gasteiger partial charge in [0.05, 0.1) is 0 Å². The maximum absolute atomic E-state index is 14.6. The molecule has 0 aromatic heterocycles. The van der Waals surface area contributed by atoms with Gasteiger partial charge in [0, 0.05) is 5.56 Å². The second-order valence-electron chi connectivity index (χ2n) is 6.64. The van der Waals surface area contributed by atoms with Crippen LogP contribution in [0, 0.1) is 11.7 Å². The van der Waals surface area contributed by atoms with Gasteiger partial charge in [-0.25, -0.2) is 4.39 Å². The molecule has 3 rings (SSSR count). The van der Waals surface area contributed by atoms with Crippen molar-refractivity contribution in [2.24, 2.45) is 5.92 Å². The number of rotatable bonds is 4. The van der Waals surface area contributed by atoms with E-state index in [9.17, 15) is 4.39 Å². The van der Waals surface area contributed by atoms with Gasteiger partial charge in [0.25, 0.3) is 0 Å². The van der Waals surface area contributed by atoms with Crippen LogP contribution in [0.15, 0.2) is 55.1 Å². The highest BCUT2D eigenvalue weighted by molar-refractivity contribution is 5.65. The van der Waals surface area contributed by atoms with E-state index < -0.39 is 0 Å². The fourth-order valence-electron chi connectivity index (χ4n) is 3.63. The Labute approximate surface area is 139 Å². The number of hydrogen-bond donors (Lipinski definition) is 0. The monoisotopic (exact) mass is 308 g/mol. The molecule has 2 aromatic carbocycles. The van der Waals surface area contributed by atoms with Crippen molar-refractivity contribution in [2.75, 3.05) is 0 Å². The maximum Gasteiger partial charge on any atom is 0.131 e. The Kier molecular flexibility index (Phi) is 4.95. The summed E-state index contributed by atoms with van der Waals surface area (Å²) < 4.78 is 14.6. The lowest BCUT2D eigenvalue weighted by molar-refractivity contribution is 0.375. The van der Waals surface area contributed by atoms with E-state index in [1.54, 1.807) is 6.07 Å². The number of aryl methyl sites for hydroxylation is 1. The van der Waals surface area contributed by atoms with Crippen molar-refractivity contribution in [2.45, 2.75) is 44.9 Å². The number of hydrogen-bond acceptors (Lipinski definition) is 0. The van der Waals surface area contributed by atoms with Crippen molar-refractivity contribution >= 4 is 0 Å². The van der Waals surface area contributed by atoms with E-state index in [1.165, 1.54) is 18.4 Å². The summed E-state index contributed by atoms with van der Waals surface area (Å²) in [5.41, 5.74) is 4.10. The summed E-state index contributed by atoms with van der Waals surface area (Å²) in [5.74, 6) is 1.04. The van der Waals surface area contributed by atoms with E-state index in [0.29, 0.717) is 17.4 Å². The van der Waals surface area contributed by atoms with Gasteiger partial charge in [-0.3, -0.25) is 0 Å². The summed E-state index contributed by atoms with van der Waals surface area (Å²) in [5, 5.41) is 0. The smallest absolute Gasteiger partial charge is 0.131 e. The molecular weight excluding hydrogens is 283 g/mol. The Morgan fingerprint density at radius 1 is 1.04 bits per heavy atom. The number of benzene rings is 2. The first-order chi connectivity index (χ1) is 11.2. The number of allylic oxidation sites excluding steroid dienone is 1. The fraction of sp³-hybridized carbons (Fsp3) is 0.364. The van der Waals surface area contributed by atoms with Gasteiger partial charge in [-0.05, 0) is 66.7 Å². The molecule has 0 amide bonds. The minimum absolute atomic E-state index is 0.0995. The van der Waals surface area contributed by atoms with Crippen LogP contribution in [0.4, 0.5) is 4.39 Å². The van der Waals surface area contributed by atoms with E-state index in [-0.39, 0.29) is 5.82 Å². The van der Waals surface area contributed by atoms with Gasteiger partial charge in [-0.2, -0.15) is 0 Å². The molecule has 0 atom stereocenters. The highest BCUT2D eigenvalue weighted by Gasteiger charge is 2.21. The minimum Gasteiger partial charge on any atom is -0.206 e. The lowest BCUT2D eigenvalue weighted by Gasteiger charge is -2.27. The van der Waals surface area contributed by atoms with Gasteiger partial charge in [-0.15, -0.1) is 6.58 Å². The molecule has 1 heteroatoms. The molecule has 1 aliphatic carbocycles. The van der Waals surface area contributed by atoms with Crippen molar-refractivity contribution in [1.29, 1.82) is 0 Å². The van der Waals surface area contributed by atoms with Gasteiger partial charge >= 0.3 is 0 Å². The Balaban J connectivity index is 1.79. The van der Waals surface area contributed by atoms with Crippen molar-refractivity contribution in [3.8, 4) is 11.1 Å². The molecule has 0 saturated heterocycles. The zero-order valence-electron chi connectivity index (χ0n) is 13.9. The van der Waals surface area contributed by atoms with Crippen LogP contribution in [-0.2, 0) is 6.42 Å². The lowest BCUT2D eigenvalue weighted by Crippen LogP contribution is -2.11.